The number of hydrogen-bond donors (Lipinski definition) is 1. The molecule has 0 spiro atoms. The van der Waals surface area contributed by atoms with Gasteiger partial charge in [-0.15, -0.1) is 0 Å². The summed E-state index contributed by atoms with van der Waals surface area (Å²) in [6.45, 7) is 0. The van der Waals surface area contributed by atoms with E-state index in [0.717, 1.165) is 12.1 Å². The zero-order chi connectivity index (χ0) is 13.2. The Morgan fingerprint density at radius 3 is 2.18 bits per heavy atom. The fraction of sp³-hybridized carbons (Fsp3) is 0.143. The van der Waals surface area contributed by atoms with Crippen molar-refractivity contribution in [2.75, 3.05) is 0 Å². The molecule has 0 heterocycles. The second-order valence-electron chi connectivity index (χ2n) is 3.05. The van der Waals surface area contributed by atoms with Crippen LogP contribution in [0.4, 0.5) is 11.4 Å². The number of hydrogen-bond acceptors (Lipinski definition) is 6. The average Bonchev–Trinajstić information content (AvgIpc) is 2.14. The van der Waals surface area contributed by atoms with Crippen molar-refractivity contribution in [1.29, 1.82) is 0 Å². The van der Waals surface area contributed by atoms with Crippen molar-refractivity contribution in [2.24, 2.45) is 0 Å². The highest BCUT2D eigenvalue weighted by Gasteiger charge is 2.22. The van der Waals surface area contributed by atoms with Gasteiger partial charge in [0.15, 0.2) is 0 Å². The topological polar surface area (TPSA) is 141 Å². The first-order chi connectivity index (χ1) is 7.70. The molecule has 0 aliphatic heterocycles. The van der Waals surface area contributed by atoms with Crippen LogP contribution in [0.3, 0.4) is 0 Å². The first kappa shape index (κ1) is 13.0. The van der Waals surface area contributed by atoms with E-state index in [-0.39, 0.29) is 5.56 Å². The van der Waals surface area contributed by atoms with Gasteiger partial charge in [0.25, 0.3) is 21.5 Å². The van der Waals surface area contributed by atoms with E-state index >= 15 is 0 Å². The van der Waals surface area contributed by atoms with Gasteiger partial charge in [0, 0.05) is 11.6 Å². The zero-order valence-electron chi connectivity index (χ0n) is 8.14. The van der Waals surface area contributed by atoms with Gasteiger partial charge in [-0.3, -0.25) is 24.8 Å². The molecule has 0 saturated heterocycles. The zero-order valence-corrected chi connectivity index (χ0v) is 8.96. The molecule has 0 aliphatic carbocycles. The molecule has 92 valence electrons. The minimum atomic E-state index is -4.44. The minimum Gasteiger partial charge on any atom is -0.285 e. The number of non-ortho nitro benzene ring substituents is 1. The van der Waals surface area contributed by atoms with Crippen LogP contribution in [0.5, 0.6) is 0 Å². The van der Waals surface area contributed by atoms with E-state index < -0.39 is 37.1 Å². The Morgan fingerprint density at radius 2 is 1.76 bits per heavy atom. The van der Waals surface area contributed by atoms with Crippen molar-refractivity contribution >= 4 is 21.5 Å². The summed E-state index contributed by atoms with van der Waals surface area (Å²) in [5, 5.41) is 21.0. The predicted molar refractivity (Wildman–Crippen MR) is 55.0 cm³/mol. The molecule has 9 nitrogen and oxygen atoms in total. The molecule has 1 aromatic carbocycles. The first-order valence-corrected chi connectivity index (χ1v) is 5.68. The van der Waals surface area contributed by atoms with E-state index in [1.165, 1.54) is 0 Å². The Morgan fingerprint density at radius 1 is 1.18 bits per heavy atom. The molecule has 0 radical (unpaired) electrons. The Kier molecular flexibility index (Phi) is 3.39. The average molecular weight is 262 g/mol. The van der Waals surface area contributed by atoms with Gasteiger partial charge in [-0.2, -0.15) is 8.42 Å². The van der Waals surface area contributed by atoms with Crippen molar-refractivity contribution in [3.05, 3.63) is 44.0 Å². The number of benzene rings is 1. The molecule has 1 rings (SSSR count). The summed E-state index contributed by atoms with van der Waals surface area (Å²) in [5.41, 5.74) is -1.57. The lowest BCUT2D eigenvalue weighted by molar-refractivity contribution is -0.394. The SMILES string of the molecule is O=[N+]([O-])c1ccc(CS(=O)(=O)O)c([N+](=O)[O-])c1. The van der Waals surface area contributed by atoms with Gasteiger partial charge in [0.1, 0.15) is 5.75 Å². The largest absolute Gasteiger partial charge is 0.285 e. The van der Waals surface area contributed by atoms with Crippen LogP contribution in [0.25, 0.3) is 0 Å². The van der Waals surface area contributed by atoms with Gasteiger partial charge in [-0.25, -0.2) is 0 Å². The Labute approximate surface area is 94.7 Å². The highest BCUT2D eigenvalue weighted by atomic mass is 32.2. The van der Waals surface area contributed by atoms with Crippen molar-refractivity contribution in [3.8, 4) is 0 Å². The quantitative estimate of drug-likeness (QED) is 0.482. The van der Waals surface area contributed by atoms with Gasteiger partial charge < -0.3 is 0 Å². The molecule has 0 atom stereocenters. The summed E-state index contributed by atoms with van der Waals surface area (Å²) in [5.74, 6) is -0.971. The molecule has 0 saturated carbocycles. The van der Waals surface area contributed by atoms with Crippen LogP contribution in [0.2, 0.25) is 0 Å². The summed E-state index contributed by atoms with van der Waals surface area (Å²) in [4.78, 5) is 19.2. The van der Waals surface area contributed by atoms with E-state index in [2.05, 4.69) is 0 Å². The first-order valence-electron chi connectivity index (χ1n) is 4.07. The molecule has 17 heavy (non-hydrogen) atoms. The third-order valence-electron chi connectivity index (χ3n) is 1.81. The van der Waals surface area contributed by atoms with E-state index in [0.29, 0.717) is 6.07 Å². The lowest BCUT2D eigenvalue weighted by Crippen LogP contribution is -2.05. The molecule has 1 aromatic rings. The lowest BCUT2D eigenvalue weighted by atomic mass is 10.2. The van der Waals surface area contributed by atoms with Gasteiger partial charge in [-0.05, 0) is 6.07 Å². The van der Waals surface area contributed by atoms with E-state index in [1.54, 1.807) is 0 Å². The van der Waals surface area contributed by atoms with Crippen molar-refractivity contribution < 1.29 is 22.8 Å². The van der Waals surface area contributed by atoms with Crippen LogP contribution in [-0.2, 0) is 15.9 Å². The highest BCUT2D eigenvalue weighted by molar-refractivity contribution is 7.85. The molecule has 0 aromatic heterocycles. The summed E-state index contributed by atoms with van der Waals surface area (Å²) in [7, 11) is -4.44. The number of nitrogens with zero attached hydrogens (tertiary/aromatic N) is 2. The van der Waals surface area contributed by atoms with Crippen LogP contribution in [0, 0.1) is 20.2 Å². The van der Waals surface area contributed by atoms with Crippen LogP contribution in [0.1, 0.15) is 5.56 Å². The van der Waals surface area contributed by atoms with Crippen LogP contribution in [-0.4, -0.2) is 22.8 Å². The number of nitro groups is 2. The Hall–Kier alpha value is -2.07. The summed E-state index contributed by atoms with van der Waals surface area (Å²) < 4.78 is 29.8. The number of nitro benzene ring substituents is 2. The molecular weight excluding hydrogens is 256 g/mol. The summed E-state index contributed by atoms with van der Waals surface area (Å²) in [6, 6.07) is 2.48. The normalized spacial score (nSPS) is 11.1. The van der Waals surface area contributed by atoms with Gasteiger partial charge >= 0.3 is 0 Å². The molecule has 0 bridgehead atoms. The summed E-state index contributed by atoms with van der Waals surface area (Å²) in [6.07, 6.45) is 0. The summed E-state index contributed by atoms with van der Waals surface area (Å²) >= 11 is 0. The molecule has 1 N–H and O–H groups in total. The second kappa shape index (κ2) is 4.43. The highest BCUT2D eigenvalue weighted by Crippen LogP contribution is 2.25. The van der Waals surface area contributed by atoms with Gasteiger partial charge in [-0.1, -0.05) is 0 Å². The van der Waals surface area contributed by atoms with Gasteiger partial charge in [0.05, 0.1) is 15.9 Å². The molecule has 0 amide bonds. The molecule has 0 aliphatic rings. The molecule has 0 fully saturated rings. The van der Waals surface area contributed by atoms with Crippen molar-refractivity contribution in [2.45, 2.75) is 5.75 Å². The fourth-order valence-corrected chi connectivity index (χ4v) is 1.79. The van der Waals surface area contributed by atoms with Crippen LogP contribution in [0.15, 0.2) is 18.2 Å². The van der Waals surface area contributed by atoms with Crippen molar-refractivity contribution in [3.63, 3.8) is 0 Å². The second-order valence-corrected chi connectivity index (χ2v) is 4.51. The van der Waals surface area contributed by atoms with E-state index in [1.807, 2.05) is 0 Å². The fourth-order valence-electron chi connectivity index (χ4n) is 1.15. The van der Waals surface area contributed by atoms with E-state index in [4.69, 9.17) is 4.55 Å². The molecular formula is C7H6N2O7S. The van der Waals surface area contributed by atoms with Crippen molar-refractivity contribution in [1.82, 2.24) is 0 Å². The third kappa shape index (κ3) is 3.46. The molecule has 0 unspecified atom stereocenters. The predicted octanol–water partition coefficient (Wildman–Crippen LogP) is 0.891. The Bertz CT molecular complexity index is 580. The van der Waals surface area contributed by atoms with E-state index in [9.17, 15) is 28.6 Å². The lowest BCUT2D eigenvalue weighted by Gasteiger charge is -2.00. The maximum atomic E-state index is 10.6. The monoisotopic (exact) mass is 262 g/mol. The minimum absolute atomic E-state index is 0.317. The maximum absolute atomic E-state index is 10.6. The van der Waals surface area contributed by atoms with Crippen LogP contribution < -0.4 is 0 Å². The molecule has 10 heteroatoms. The Balaban J connectivity index is 3.32. The number of rotatable bonds is 4. The maximum Gasteiger partial charge on any atom is 0.280 e. The van der Waals surface area contributed by atoms with Crippen LogP contribution >= 0.6 is 0 Å². The van der Waals surface area contributed by atoms with Gasteiger partial charge in [0.2, 0.25) is 0 Å². The standard InChI is InChI=1S/C7H6N2O7S/c10-8(11)6-2-1-5(4-17(14,15)16)7(3-6)9(12)13/h1-3H,4H2,(H,14,15,16). The smallest absolute Gasteiger partial charge is 0.280 e. The third-order valence-corrected chi connectivity index (χ3v) is 2.49.